The fourth-order valence-corrected chi connectivity index (χ4v) is 5.99. The van der Waals surface area contributed by atoms with Gasteiger partial charge in [0.15, 0.2) is 9.84 Å². The Kier molecular flexibility index (Phi) is 5.46. The molecule has 2 amide bonds. The summed E-state index contributed by atoms with van der Waals surface area (Å²) in [4.78, 5) is 26.7. The highest BCUT2D eigenvalue weighted by Crippen LogP contribution is 2.60. The van der Waals surface area contributed by atoms with Gasteiger partial charge in [-0.3, -0.25) is 14.5 Å². The van der Waals surface area contributed by atoms with E-state index in [1.165, 1.54) is 12.1 Å². The van der Waals surface area contributed by atoms with Gasteiger partial charge in [-0.1, -0.05) is 15.9 Å². The number of hydrogen-bond donors (Lipinski definition) is 1. The Balaban J connectivity index is 1.58. The molecular weight excluding hydrogens is 515 g/mol. The van der Waals surface area contributed by atoms with Gasteiger partial charge in [-0.25, -0.2) is 8.42 Å². The first-order chi connectivity index (χ1) is 14.9. The van der Waals surface area contributed by atoms with E-state index < -0.39 is 62.9 Å². The summed E-state index contributed by atoms with van der Waals surface area (Å²) in [6, 6.07) is 6.61. The molecule has 1 saturated heterocycles. The smallest absolute Gasteiger partial charge is 0.304 e. The Hall–Kier alpha value is -1.97. The van der Waals surface area contributed by atoms with Gasteiger partial charge < -0.3 is 5.32 Å². The van der Waals surface area contributed by atoms with Crippen molar-refractivity contribution in [3.05, 3.63) is 28.7 Å². The zero-order valence-corrected chi connectivity index (χ0v) is 19.1. The Morgan fingerprint density at radius 3 is 2.22 bits per heavy atom. The molecular formula is C20H19BrF3N3O4S. The van der Waals surface area contributed by atoms with Crippen molar-refractivity contribution in [2.45, 2.75) is 60.0 Å². The van der Waals surface area contributed by atoms with Gasteiger partial charge >= 0.3 is 6.18 Å². The first kappa shape index (κ1) is 23.2. The summed E-state index contributed by atoms with van der Waals surface area (Å²) in [6.07, 6.45) is -5.70. The van der Waals surface area contributed by atoms with E-state index in [0.717, 1.165) is 0 Å². The second-order valence-corrected chi connectivity index (χ2v) is 11.7. The standard InChI is InChI=1S/C20H19BrF3N3O4S/c21-12-1-3-13(4-2-12)32(30,31)14-9-15(26-10-14)16(28)27(18(11-25)5-6-18)17(29)19(7-8-19)20(22,23)24/h1-4,14-15,26H,5-10H2/t14-,15+/m1/s1. The number of nitrogens with one attached hydrogen (secondary N) is 1. The number of carbonyl (C=O) groups is 2. The monoisotopic (exact) mass is 533 g/mol. The van der Waals surface area contributed by atoms with Crippen LogP contribution in [0, 0.1) is 16.7 Å². The van der Waals surface area contributed by atoms with E-state index in [-0.39, 0.29) is 30.7 Å². The Bertz CT molecular complexity index is 1110. The summed E-state index contributed by atoms with van der Waals surface area (Å²) in [6.45, 7) is -0.0964. The van der Waals surface area contributed by atoms with Gasteiger partial charge in [0.1, 0.15) is 11.0 Å². The normalized spacial score (nSPS) is 25.6. The van der Waals surface area contributed by atoms with Crippen molar-refractivity contribution in [1.29, 1.82) is 5.26 Å². The Morgan fingerprint density at radius 2 is 1.75 bits per heavy atom. The number of nitrogens with zero attached hydrogens (tertiary/aromatic N) is 2. The molecule has 172 valence electrons. The summed E-state index contributed by atoms with van der Waals surface area (Å²) in [5.41, 5.74) is -4.24. The molecule has 1 N–H and O–H groups in total. The quantitative estimate of drug-likeness (QED) is 0.583. The molecule has 0 spiro atoms. The van der Waals surface area contributed by atoms with Crippen molar-refractivity contribution < 1.29 is 31.2 Å². The second-order valence-electron chi connectivity index (χ2n) is 8.52. The summed E-state index contributed by atoms with van der Waals surface area (Å²) < 4.78 is 67.2. The molecule has 2 atom stereocenters. The maximum Gasteiger partial charge on any atom is 0.403 e. The van der Waals surface area contributed by atoms with Crippen LogP contribution in [0.1, 0.15) is 32.1 Å². The molecule has 7 nitrogen and oxygen atoms in total. The minimum atomic E-state index is -4.83. The molecule has 1 aliphatic heterocycles. The zero-order valence-electron chi connectivity index (χ0n) is 16.7. The molecule has 3 aliphatic rings. The van der Waals surface area contributed by atoms with Crippen LogP contribution >= 0.6 is 15.9 Å². The second kappa shape index (κ2) is 7.53. The lowest BCUT2D eigenvalue weighted by Crippen LogP contribution is -2.56. The maximum absolute atomic E-state index is 13.6. The molecule has 0 radical (unpaired) electrons. The van der Waals surface area contributed by atoms with Crippen molar-refractivity contribution in [1.82, 2.24) is 10.2 Å². The minimum absolute atomic E-state index is 0.0539. The van der Waals surface area contributed by atoms with Crippen LogP contribution in [-0.4, -0.2) is 54.7 Å². The van der Waals surface area contributed by atoms with Crippen molar-refractivity contribution in [3.63, 3.8) is 0 Å². The van der Waals surface area contributed by atoms with Crippen LogP contribution in [-0.2, 0) is 19.4 Å². The summed E-state index contributed by atoms with van der Waals surface area (Å²) in [7, 11) is -3.82. The molecule has 3 fully saturated rings. The lowest BCUT2D eigenvalue weighted by atomic mass is 10.0. The number of benzene rings is 1. The van der Waals surface area contributed by atoms with Crippen molar-refractivity contribution in [3.8, 4) is 6.07 Å². The van der Waals surface area contributed by atoms with E-state index in [4.69, 9.17) is 0 Å². The fourth-order valence-electron chi connectivity index (χ4n) is 4.07. The molecule has 1 aromatic carbocycles. The number of carbonyl (C=O) groups excluding carboxylic acids is 2. The van der Waals surface area contributed by atoms with Crippen LogP contribution in [0.25, 0.3) is 0 Å². The highest BCUT2D eigenvalue weighted by atomic mass is 79.9. The van der Waals surface area contributed by atoms with Crippen LogP contribution in [0.5, 0.6) is 0 Å². The van der Waals surface area contributed by atoms with E-state index in [9.17, 15) is 36.4 Å². The van der Waals surface area contributed by atoms with Gasteiger partial charge in [0.05, 0.1) is 22.3 Å². The Morgan fingerprint density at radius 1 is 1.16 bits per heavy atom. The molecule has 32 heavy (non-hydrogen) atoms. The van der Waals surface area contributed by atoms with Gasteiger partial charge in [0.25, 0.3) is 0 Å². The zero-order chi connectivity index (χ0) is 23.5. The molecule has 0 unspecified atom stereocenters. The summed E-state index contributed by atoms with van der Waals surface area (Å²) in [5, 5.41) is 11.3. The maximum atomic E-state index is 13.6. The van der Waals surface area contributed by atoms with Gasteiger partial charge in [-0.05, 0) is 56.4 Å². The lowest BCUT2D eigenvalue weighted by Gasteiger charge is -2.32. The molecule has 12 heteroatoms. The average Bonchev–Trinajstić information content (AvgIpc) is 3.64. The van der Waals surface area contributed by atoms with Gasteiger partial charge in [-0.15, -0.1) is 0 Å². The number of hydrogen-bond acceptors (Lipinski definition) is 6. The van der Waals surface area contributed by atoms with E-state index in [0.29, 0.717) is 9.37 Å². The fraction of sp³-hybridized carbons (Fsp3) is 0.550. The van der Waals surface area contributed by atoms with Crippen molar-refractivity contribution in [2.24, 2.45) is 5.41 Å². The van der Waals surface area contributed by atoms with Gasteiger partial charge in [0.2, 0.25) is 11.8 Å². The SMILES string of the molecule is N#CC1(N(C(=O)[C@@H]2C[C@@H](S(=O)(=O)c3ccc(Br)cc3)CN2)C(=O)C2(C(F)(F)F)CC2)CC1. The van der Waals surface area contributed by atoms with E-state index in [2.05, 4.69) is 21.2 Å². The van der Waals surface area contributed by atoms with E-state index >= 15 is 0 Å². The molecule has 0 bridgehead atoms. The molecule has 1 aromatic rings. The molecule has 1 heterocycles. The van der Waals surface area contributed by atoms with Crippen molar-refractivity contribution >= 4 is 37.6 Å². The third-order valence-corrected chi connectivity index (χ3v) is 9.15. The van der Waals surface area contributed by atoms with Gasteiger partial charge in [-0.2, -0.15) is 18.4 Å². The highest BCUT2D eigenvalue weighted by Gasteiger charge is 2.72. The topological polar surface area (TPSA) is 107 Å². The first-order valence-corrected chi connectivity index (χ1v) is 12.3. The predicted molar refractivity (Wildman–Crippen MR) is 109 cm³/mol. The summed E-state index contributed by atoms with van der Waals surface area (Å²) >= 11 is 3.22. The number of amides is 2. The van der Waals surface area contributed by atoms with Crippen LogP contribution < -0.4 is 5.32 Å². The number of imide groups is 1. The van der Waals surface area contributed by atoms with Crippen LogP contribution in [0.3, 0.4) is 0 Å². The first-order valence-electron chi connectivity index (χ1n) is 9.97. The molecule has 4 rings (SSSR count). The largest absolute Gasteiger partial charge is 0.403 e. The van der Waals surface area contributed by atoms with E-state index in [1.54, 1.807) is 12.1 Å². The highest BCUT2D eigenvalue weighted by molar-refractivity contribution is 9.10. The van der Waals surface area contributed by atoms with Crippen LogP contribution in [0.2, 0.25) is 0 Å². The molecule has 0 aromatic heterocycles. The van der Waals surface area contributed by atoms with Crippen molar-refractivity contribution in [2.75, 3.05) is 6.54 Å². The van der Waals surface area contributed by atoms with E-state index in [1.807, 2.05) is 6.07 Å². The average molecular weight is 534 g/mol. The number of halogens is 4. The third kappa shape index (κ3) is 3.64. The Labute approximate surface area is 191 Å². The predicted octanol–water partition coefficient (Wildman–Crippen LogP) is 2.71. The minimum Gasteiger partial charge on any atom is -0.304 e. The lowest BCUT2D eigenvalue weighted by molar-refractivity contribution is -0.200. The molecule has 2 saturated carbocycles. The summed E-state index contributed by atoms with van der Waals surface area (Å²) in [5.74, 6) is -2.38. The number of rotatable bonds is 5. The van der Waals surface area contributed by atoms with Gasteiger partial charge in [0, 0.05) is 11.0 Å². The number of alkyl halides is 3. The molecule has 2 aliphatic carbocycles. The van der Waals surface area contributed by atoms with Crippen LogP contribution in [0.15, 0.2) is 33.6 Å². The number of sulfone groups is 1. The third-order valence-electron chi connectivity index (χ3n) is 6.45. The van der Waals surface area contributed by atoms with Crippen LogP contribution in [0.4, 0.5) is 13.2 Å². The number of nitriles is 1.